The van der Waals surface area contributed by atoms with E-state index in [0.717, 1.165) is 10.1 Å². The van der Waals surface area contributed by atoms with E-state index in [9.17, 15) is 19.1 Å². The summed E-state index contributed by atoms with van der Waals surface area (Å²) in [6.45, 7) is -0.0383. The highest BCUT2D eigenvalue weighted by Crippen LogP contribution is 2.20. The molecule has 0 saturated heterocycles. The highest BCUT2D eigenvalue weighted by Gasteiger charge is 2.20. The smallest absolute Gasteiger partial charge is 0.295 e. The molecule has 2 heterocycles. The van der Waals surface area contributed by atoms with Gasteiger partial charge in [-0.25, -0.2) is 4.39 Å². The van der Waals surface area contributed by atoms with Gasteiger partial charge in [0.25, 0.3) is 5.56 Å². The van der Waals surface area contributed by atoms with Crippen molar-refractivity contribution in [3.8, 4) is 5.75 Å². The summed E-state index contributed by atoms with van der Waals surface area (Å²) in [6, 6.07) is 10.4. The van der Waals surface area contributed by atoms with Gasteiger partial charge in [0.2, 0.25) is 5.78 Å². The fourth-order valence-electron chi connectivity index (χ4n) is 2.52. The monoisotopic (exact) mass is 357 g/mol. The number of rotatable bonds is 6. The quantitative estimate of drug-likeness (QED) is 0.686. The van der Waals surface area contributed by atoms with Gasteiger partial charge in [-0.05, 0) is 35.9 Å². The lowest BCUT2D eigenvalue weighted by Gasteiger charge is -2.07. The van der Waals surface area contributed by atoms with Crippen LogP contribution in [0.4, 0.5) is 4.39 Å². The van der Waals surface area contributed by atoms with Gasteiger partial charge >= 0.3 is 0 Å². The van der Waals surface area contributed by atoms with Crippen molar-refractivity contribution < 1.29 is 23.4 Å². The second kappa shape index (κ2) is 7.37. The second-order valence-corrected chi connectivity index (χ2v) is 5.67. The average Bonchev–Trinajstić information content (AvgIpc) is 3.09. The van der Waals surface area contributed by atoms with E-state index in [1.54, 1.807) is 18.2 Å². The molecule has 3 rings (SSSR count). The van der Waals surface area contributed by atoms with Crippen LogP contribution in [0, 0.1) is 5.82 Å². The molecule has 0 atom stereocenters. The Morgan fingerprint density at radius 2 is 1.92 bits per heavy atom. The fraction of sp³-hybridized carbons (Fsp3) is 0.158. The summed E-state index contributed by atoms with van der Waals surface area (Å²) in [5.74, 6) is -1.09. The number of aromatic hydroxyl groups is 1. The van der Waals surface area contributed by atoms with Crippen molar-refractivity contribution in [2.45, 2.75) is 13.2 Å². The number of hydrogen-bond acceptors (Lipinski definition) is 5. The van der Waals surface area contributed by atoms with Gasteiger partial charge in [0.15, 0.2) is 11.5 Å². The first-order valence-electron chi connectivity index (χ1n) is 7.79. The minimum atomic E-state index is -0.726. The zero-order valence-corrected chi connectivity index (χ0v) is 13.9. The molecule has 134 valence electrons. The standard InChI is InChI=1S/C19H16FNO5/c1-25-11-21-9-8-15(18(23)19(21)24)17(22)16-7-6-14(26-16)10-12-2-4-13(20)5-3-12/h2-9,23H,10-11H2,1H3. The summed E-state index contributed by atoms with van der Waals surface area (Å²) in [5.41, 5.74) is -0.0504. The molecular formula is C19H16FNO5. The van der Waals surface area contributed by atoms with Gasteiger partial charge in [-0.1, -0.05) is 12.1 Å². The van der Waals surface area contributed by atoms with Crippen molar-refractivity contribution in [2.75, 3.05) is 7.11 Å². The van der Waals surface area contributed by atoms with E-state index in [4.69, 9.17) is 9.15 Å². The van der Waals surface area contributed by atoms with Crippen LogP contribution in [0.5, 0.6) is 5.75 Å². The number of pyridine rings is 1. The lowest BCUT2D eigenvalue weighted by atomic mass is 10.1. The molecule has 0 saturated carbocycles. The summed E-state index contributed by atoms with van der Waals surface area (Å²) in [5, 5.41) is 10.0. The van der Waals surface area contributed by atoms with Gasteiger partial charge in [0.1, 0.15) is 18.3 Å². The molecule has 0 radical (unpaired) electrons. The van der Waals surface area contributed by atoms with Crippen molar-refractivity contribution >= 4 is 5.78 Å². The number of halogens is 1. The molecule has 0 aliphatic heterocycles. The normalized spacial score (nSPS) is 10.8. The molecule has 1 aromatic carbocycles. The van der Waals surface area contributed by atoms with Crippen molar-refractivity contribution in [1.29, 1.82) is 0 Å². The fourth-order valence-corrected chi connectivity index (χ4v) is 2.52. The van der Waals surface area contributed by atoms with Gasteiger partial charge in [0, 0.05) is 19.7 Å². The maximum atomic E-state index is 12.9. The predicted molar refractivity (Wildman–Crippen MR) is 90.7 cm³/mol. The number of carbonyl (C=O) groups excluding carboxylic acids is 1. The minimum Gasteiger partial charge on any atom is -0.503 e. The molecule has 26 heavy (non-hydrogen) atoms. The summed E-state index contributed by atoms with van der Waals surface area (Å²) >= 11 is 0. The van der Waals surface area contributed by atoms with Gasteiger partial charge in [0.05, 0.1) is 5.56 Å². The topological polar surface area (TPSA) is 81.7 Å². The van der Waals surface area contributed by atoms with Crippen LogP contribution in [0.1, 0.15) is 27.4 Å². The first kappa shape index (κ1) is 17.6. The molecule has 0 aliphatic rings. The van der Waals surface area contributed by atoms with Crippen molar-refractivity contribution in [2.24, 2.45) is 0 Å². The number of benzene rings is 1. The van der Waals surface area contributed by atoms with Crippen LogP contribution in [0.15, 0.2) is 57.9 Å². The Labute approximate surface area is 148 Å². The number of nitrogens with zero attached hydrogens (tertiary/aromatic N) is 1. The van der Waals surface area contributed by atoms with Crippen LogP contribution in [-0.2, 0) is 17.9 Å². The van der Waals surface area contributed by atoms with Gasteiger partial charge in [-0.15, -0.1) is 0 Å². The Morgan fingerprint density at radius 3 is 2.62 bits per heavy atom. The molecule has 0 aliphatic carbocycles. The van der Waals surface area contributed by atoms with Crippen LogP contribution >= 0.6 is 0 Å². The van der Waals surface area contributed by atoms with E-state index in [0.29, 0.717) is 12.2 Å². The Bertz CT molecular complexity index is 988. The summed E-state index contributed by atoms with van der Waals surface area (Å²) in [4.78, 5) is 24.5. The lowest BCUT2D eigenvalue weighted by molar-refractivity contribution is 0.100. The third-order valence-electron chi connectivity index (χ3n) is 3.83. The molecule has 1 N–H and O–H groups in total. The molecule has 6 nitrogen and oxygen atoms in total. The number of hydrogen-bond donors (Lipinski definition) is 1. The largest absolute Gasteiger partial charge is 0.503 e. The third kappa shape index (κ3) is 3.57. The highest BCUT2D eigenvalue weighted by molar-refractivity contribution is 6.08. The Hall–Kier alpha value is -3.19. The van der Waals surface area contributed by atoms with Crippen LogP contribution in [0.2, 0.25) is 0 Å². The Morgan fingerprint density at radius 1 is 1.19 bits per heavy atom. The molecule has 0 unspecified atom stereocenters. The predicted octanol–water partition coefficient (Wildman–Crippen LogP) is 2.71. The molecular weight excluding hydrogens is 341 g/mol. The molecule has 2 aromatic heterocycles. The van der Waals surface area contributed by atoms with Gasteiger partial charge < -0.3 is 14.3 Å². The summed E-state index contributed by atoms with van der Waals surface area (Å²) in [7, 11) is 1.41. The van der Waals surface area contributed by atoms with Crippen LogP contribution in [-0.4, -0.2) is 22.6 Å². The van der Waals surface area contributed by atoms with E-state index in [1.807, 2.05) is 0 Å². The Balaban J connectivity index is 1.83. The molecule has 0 spiro atoms. The number of ketones is 1. The number of furan rings is 1. The third-order valence-corrected chi connectivity index (χ3v) is 3.83. The molecule has 0 bridgehead atoms. The van der Waals surface area contributed by atoms with Crippen LogP contribution in [0.25, 0.3) is 0 Å². The first-order valence-corrected chi connectivity index (χ1v) is 7.79. The number of carbonyl (C=O) groups is 1. The number of aromatic nitrogens is 1. The second-order valence-electron chi connectivity index (χ2n) is 5.67. The van der Waals surface area contributed by atoms with Gasteiger partial charge in [-0.2, -0.15) is 0 Å². The summed E-state index contributed by atoms with van der Waals surface area (Å²) < 4.78 is 24.4. The van der Waals surface area contributed by atoms with E-state index in [1.165, 1.54) is 37.6 Å². The minimum absolute atomic E-state index is 0.00121. The highest BCUT2D eigenvalue weighted by atomic mass is 19.1. The molecule has 0 amide bonds. The van der Waals surface area contributed by atoms with Crippen LogP contribution in [0.3, 0.4) is 0 Å². The van der Waals surface area contributed by atoms with Crippen molar-refractivity contribution in [1.82, 2.24) is 4.57 Å². The van der Waals surface area contributed by atoms with Crippen molar-refractivity contribution in [3.63, 3.8) is 0 Å². The SMILES string of the molecule is COCn1ccc(C(=O)c2ccc(Cc3ccc(F)cc3)o2)c(O)c1=O. The van der Waals surface area contributed by atoms with Crippen LogP contribution < -0.4 is 5.56 Å². The zero-order chi connectivity index (χ0) is 18.7. The maximum absolute atomic E-state index is 12.9. The van der Waals surface area contributed by atoms with E-state index >= 15 is 0 Å². The number of ether oxygens (including phenoxy) is 1. The maximum Gasteiger partial charge on any atom is 0.295 e. The first-order chi connectivity index (χ1) is 12.5. The van der Waals surface area contributed by atoms with E-state index < -0.39 is 17.1 Å². The van der Waals surface area contributed by atoms with Crippen molar-refractivity contribution in [3.05, 3.63) is 87.5 Å². The number of methoxy groups -OCH3 is 1. The molecule has 0 fully saturated rings. The zero-order valence-electron chi connectivity index (χ0n) is 13.9. The van der Waals surface area contributed by atoms with Gasteiger partial charge in [-0.3, -0.25) is 14.2 Å². The van der Waals surface area contributed by atoms with E-state index in [2.05, 4.69) is 0 Å². The Kier molecular flexibility index (Phi) is 4.99. The van der Waals surface area contributed by atoms with E-state index in [-0.39, 0.29) is 23.9 Å². The molecule has 7 heteroatoms. The lowest BCUT2D eigenvalue weighted by Crippen LogP contribution is -2.22. The molecule has 3 aromatic rings. The average molecular weight is 357 g/mol. The summed E-state index contributed by atoms with van der Waals surface area (Å²) in [6.07, 6.45) is 1.75.